The molecule has 0 radical (unpaired) electrons. The van der Waals surface area contributed by atoms with Gasteiger partial charge in [-0.15, -0.1) is 0 Å². The van der Waals surface area contributed by atoms with Crippen LogP contribution in [0.4, 0.5) is 5.95 Å². The van der Waals surface area contributed by atoms with Crippen LogP contribution in [0.25, 0.3) is 11.5 Å². The molecule has 2 heterocycles. The molecule has 5 nitrogen and oxygen atoms in total. The van der Waals surface area contributed by atoms with E-state index in [1.54, 1.807) is 36.9 Å². The van der Waals surface area contributed by atoms with Gasteiger partial charge < -0.3 is 4.42 Å². The Morgan fingerprint density at radius 3 is 3.07 bits per heavy atom. The van der Waals surface area contributed by atoms with Gasteiger partial charge in [-0.3, -0.25) is 5.32 Å². The molecule has 0 aliphatic heterocycles. The standard InChI is InChI=1S/C9H6N4O/c10-6-12-9-11-4-3-7(13-9)8-2-1-5-14-8/h1-5H,(H,11,12,13). The molecular weight excluding hydrogens is 180 g/mol. The van der Waals surface area contributed by atoms with Crippen molar-refractivity contribution < 1.29 is 4.42 Å². The Morgan fingerprint density at radius 2 is 2.36 bits per heavy atom. The van der Waals surface area contributed by atoms with Gasteiger partial charge >= 0.3 is 0 Å². The number of hydrogen-bond donors (Lipinski definition) is 1. The summed E-state index contributed by atoms with van der Waals surface area (Å²) in [5, 5.41) is 10.7. The molecule has 0 amide bonds. The highest BCUT2D eigenvalue weighted by Gasteiger charge is 2.03. The minimum absolute atomic E-state index is 0.265. The third kappa shape index (κ3) is 1.54. The van der Waals surface area contributed by atoms with Crippen LogP contribution in [0.1, 0.15) is 0 Å². The minimum atomic E-state index is 0.265. The first-order valence-electron chi connectivity index (χ1n) is 3.92. The molecular formula is C9H6N4O. The summed E-state index contributed by atoms with van der Waals surface area (Å²) in [6, 6.07) is 5.27. The maximum atomic E-state index is 8.38. The first-order valence-corrected chi connectivity index (χ1v) is 3.92. The predicted molar refractivity (Wildman–Crippen MR) is 49.0 cm³/mol. The zero-order valence-corrected chi connectivity index (χ0v) is 7.14. The van der Waals surface area contributed by atoms with Crippen LogP contribution in [0.5, 0.6) is 0 Å². The normalized spacial score (nSPS) is 9.36. The minimum Gasteiger partial charge on any atom is -0.463 e. The van der Waals surface area contributed by atoms with Gasteiger partial charge in [0.2, 0.25) is 5.95 Å². The summed E-state index contributed by atoms with van der Waals surface area (Å²) < 4.78 is 5.15. The molecule has 0 spiro atoms. The van der Waals surface area contributed by atoms with Crippen LogP contribution < -0.4 is 5.32 Å². The van der Waals surface area contributed by atoms with E-state index in [2.05, 4.69) is 15.3 Å². The second-order valence-corrected chi connectivity index (χ2v) is 2.48. The number of aromatic nitrogens is 2. The number of anilines is 1. The molecule has 2 aromatic heterocycles. The Kier molecular flexibility index (Phi) is 2.11. The molecule has 0 aromatic carbocycles. The molecule has 0 aliphatic rings. The number of furan rings is 1. The first-order chi connectivity index (χ1) is 6.90. The SMILES string of the molecule is N#CNc1nccc(-c2ccco2)n1. The van der Waals surface area contributed by atoms with Gasteiger partial charge in [0.15, 0.2) is 12.0 Å². The van der Waals surface area contributed by atoms with Crippen LogP contribution in [0.15, 0.2) is 35.1 Å². The maximum Gasteiger partial charge on any atom is 0.236 e. The van der Waals surface area contributed by atoms with Crippen LogP contribution in [-0.4, -0.2) is 9.97 Å². The van der Waals surface area contributed by atoms with Gasteiger partial charge in [-0.2, -0.15) is 5.26 Å². The summed E-state index contributed by atoms with van der Waals surface area (Å²) in [5.41, 5.74) is 0.641. The van der Waals surface area contributed by atoms with E-state index in [1.807, 2.05) is 0 Å². The highest BCUT2D eigenvalue weighted by molar-refractivity contribution is 5.53. The summed E-state index contributed by atoms with van der Waals surface area (Å²) in [4.78, 5) is 7.92. The summed E-state index contributed by atoms with van der Waals surface area (Å²) in [6.45, 7) is 0. The second kappa shape index (κ2) is 3.58. The molecule has 2 rings (SSSR count). The Morgan fingerprint density at radius 1 is 1.43 bits per heavy atom. The fraction of sp³-hybridized carbons (Fsp3) is 0. The van der Waals surface area contributed by atoms with Crippen molar-refractivity contribution >= 4 is 5.95 Å². The molecule has 0 atom stereocenters. The number of rotatable bonds is 2. The highest BCUT2D eigenvalue weighted by Crippen LogP contribution is 2.17. The Hall–Kier alpha value is -2.35. The predicted octanol–water partition coefficient (Wildman–Crippen LogP) is 1.63. The summed E-state index contributed by atoms with van der Waals surface area (Å²) >= 11 is 0. The lowest BCUT2D eigenvalue weighted by Gasteiger charge is -1.97. The number of hydrogen-bond acceptors (Lipinski definition) is 5. The van der Waals surface area contributed by atoms with Crippen molar-refractivity contribution in [2.45, 2.75) is 0 Å². The van der Waals surface area contributed by atoms with Gasteiger partial charge in [-0.1, -0.05) is 0 Å². The van der Waals surface area contributed by atoms with Gasteiger partial charge in [-0.25, -0.2) is 9.97 Å². The third-order valence-corrected chi connectivity index (χ3v) is 1.60. The van der Waals surface area contributed by atoms with E-state index in [4.69, 9.17) is 9.68 Å². The summed E-state index contributed by atoms with van der Waals surface area (Å²) in [5.74, 6) is 0.912. The van der Waals surface area contributed by atoms with Crippen LogP contribution in [-0.2, 0) is 0 Å². The van der Waals surface area contributed by atoms with E-state index in [1.165, 1.54) is 0 Å². The average Bonchev–Trinajstić information content (AvgIpc) is 2.71. The van der Waals surface area contributed by atoms with E-state index in [0.29, 0.717) is 11.5 Å². The molecule has 14 heavy (non-hydrogen) atoms. The van der Waals surface area contributed by atoms with E-state index < -0.39 is 0 Å². The van der Waals surface area contributed by atoms with Crippen LogP contribution in [0.2, 0.25) is 0 Å². The molecule has 1 N–H and O–H groups in total. The molecule has 5 heteroatoms. The molecule has 0 saturated heterocycles. The first kappa shape index (κ1) is 8.26. The zero-order chi connectivity index (χ0) is 9.80. The van der Waals surface area contributed by atoms with E-state index in [9.17, 15) is 0 Å². The van der Waals surface area contributed by atoms with Gasteiger partial charge in [0.05, 0.1) is 6.26 Å². The van der Waals surface area contributed by atoms with E-state index in [-0.39, 0.29) is 5.95 Å². The zero-order valence-electron chi connectivity index (χ0n) is 7.14. The molecule has 0 saturated carbocycles. The van der Waals surface area contributed by atoms with Gasteiger partial charge in [0.25, 0.3) is 0 Å². The summed E-state index contributed by atoms with van der Waals surface area (Å²) in [7, 11) is 0. The second-order valence-electron chi connectivity index (χ2n) is 2.48. The third-order valence-electron chi connectivity index (χ3n) is 1.60. The van der Waals surface area contributed by atoms with Crippen molar-refractivity contribution in [1.82, 2.24) is 9.97 Å². The van der Waals surface area contributed by atoms with Crippen molar-refractivity contribution in [3.05, 3.63) is 30.7 Å². The van der Waals surface area contributed by atoms with Gasteiger partial charge in [0, 0.05) is 6.20 Å². The quantitative estimate of drug-likeness (QED) is 0.569. The van der Waals surface area contributed by atoms with Crippen LogP contribution in [0.3, 0.4) is 0 Å². The van der Waals surface area contributed by atoms with E-state index in [0.717, 1.165) is 0 Å². The average molecular weight is 186 g/mol. The topological polar surface area (TPSA) is 74.7 Å². The fourth-order valence-corrected chi connectivity index (χ4v) is 1.03. The Labute approximate surface area is 80.0 Å². The number of nitrogens with zero attached hydrogens (tertiary/aromatic N) is 3. The lowest BCUT2D eigenvalue weighted by atomic mass is 10.3. The number of nitrogens with one attached hydrogen (secondary N) is 1. The largest absolute Gasteiger partial charge is 0.463 e. The Bertz CT molecular complexity index is 458. The van der Waals surface area contributed by atoms with Crippen molar-refractivity contribution in [2.24, 2.45) is 0 Å². The monoisotopic (exact) mass is 186 g/mol. The molecule has 68 valence electrons. The Balaban J connectivity index is 2.37. The molecule has 0 aliphatic carbocycles. The maximum absolute atomic E-state index is 8.38. The highest BCUT2D eigenvalue weighted by atomic mass is 16.3. The lowest BCUT2D eigenvalue weighted by Crippen LogP contribution is -1.95. The van der Waals surface area contributed by atoms with Crippen molar-refractivity contribution in [1.29, 1.82) is 5.26 Å². The van der Waals surface area contributed by atoms with E-state index >= 15 is 0 Å². The smallest absolute Gasteiger partial charge is 0.236 e. The molecule has 0 unspecified atom stereocenters. The molecule has 0 bridgehead atoms. The van der Waals surface area contributed by atoms with Crippen molar-refractivity contribution in [3.8, 4) is 17.6 Å². The fourth-order valence-electron chi connectivity index (χ4n) is 1.03. The molecule has 0 fully saturated rings. The van der Waals surface area contributed by atoms with Crippen molar-refractivity contribution in [3.63, 3.8) is 0 Å². The van der Waals surface area contributed by atoms with Crippen molar-refractivity contribution in [2.75, 3.05) is 5.32 Å². The van der Waals surface area contributed by atoms with Gasteiger partial charge in [-0.05, 0) is 18.2 Å². The summed E-state index contributed by atoms with van der Waals surface area (Å²) in [6.07, 6.45) is 4.88. The van der Waals surface area contributed by atoms with Gasteiger partial charge in [0.1, 0.15) is 5.69 Å². The lowest BCUT2D eigenvalue weighted by molar-refractivity contribution is 0.580. The van der Waals surface area contributed by atoms with Crippen LogP contribution >= 0.6 is 0 Å². The van der Waals surface area contributed by atoms with Crippen LogP contribution in [0, 0.1) is 11.5 Å². The molecule has 2 aromatic rings. The number of nitriles is 1.